The molecule has 85 heavy (non-hydrogen) atoms. The number of rotatable bonds is 39. The van der Waals surface area contributed by atoms with Crippen molar-refractivity contribution in [2.24, 2.45) is 17.2 Å². The Morgan fingerprint density at radius 3 is 1.62 bits per heavy atom. The molecule has 2 heterocycles. The fraction of sp³-hybridized carbons (Fsp3) is 0.585. The van der Waals surface area contributed by atoms with E-state index in [-0.39, 0.29) is 126 Å². The van der Waals surface area contributed by atoms with Crippen molar-refractivity contribution in [3.63, 3.8) is 0 Å². The van der Waals surface area contributed by atoms with Gasteiger partial charge in [0.15, 0.2) is 17.0 Å². The summed E-state index contributed by atoms with van der Waals surface area (Å²) in [6, 6.07) is -0.996. The topological polar surface area (TPSA) is 507 Å². The Bertz CT molecular complexity index is 2720. The SMILES string of the molecule is CCC[C@H](NC(=O)[C@@H](N)CCCN(O)C(C)=O)C(=O)NC(CCCN(O)C(C)=O)C(=O)NCCNC(=O)[C@H](CCCCN)NC(=O)[C@H](CCCCN)NC(=O)CC[C@@H](NC(=O)c1ccc(N(C)Cc2cnc3nc(N)nc(N)c3n2)cc1)C(=O)O. The minimum absolute atomic E-state index is 0.0333. The van der Waals surface area contributed by atoms with Crippen LogP contribution in [-0.4, -0.2) is 187 Å². The third kappa shape index (κ3) is 25.1. The number of hydroxylamine groups is 4. The van der Waals surface area contributed by atoms with Crippen molar-refractivity contribution in [3.8, 4) is 0 Å². The van der Waals surface area contributed by atoms with E-state index in [2.05, 4.69) is 57.2 Å². The molecule has 0 saturated carbocycles. The molecule has 0 fully saturated rings. The number of nitrogens with two attached hydrogens (primary N) is 5. The number of hydrogen-bond acceptors (Lipinski definition) is 22. The van der Waals surface area contributed by atoms with Crippen LogP contribution in [0.3, 0.4) is 0 Å². The van der Waals surface area contributed by atoms with E-state index in [4.69, 9.17) is 28.7 Å². The maximum absolute atomic E-state index is 13.9. The summed E-state index contributed by atoms with van der Waals surface area (Å²) >= 11 is 0. The van der Waals surface area contributed by atoms with Gasteiger partial charge in [-0.15, -0.1) is 0 Å². The number of benzene rings is 1. The second-order valence-electron chi connectivity index (χ2n) is 20.2. The zero-order chi connectivity index (χ0) is 63.2. The lowest BCUT2D eigenvalue weighted by atomic mass is 10.0. The standard InChI is InChI=1S/C53H85N19O13/c1-5-12-37(64-47(77)36(56)13-10-27-71(84)31(2)73)50(80)66-39(16-11-28-72(85)32(3)74)49(79)60-26-25-59-48(78)38(14-6-8-23-54)65-51(81)40(15-7-9-24-55)63-42(75)22-21-41(52(82)83)67-46(76)33-17-19-35(20-18-33)70(4)30-34-29-61-45-43(62-34)44(57)68-53(58)69-45/h17-20,29,36-41,84-85H,5-16,21-28,30,54-56H2,1-4H3,(H,59,78)(H,60,79)(H,63,75)(H,64,77)(H,65,81)(H,66,80)(H,67,76)(H,82,83)(H4,57,58,61,68,69)/t36-,37-,38-,39?,40-,41+/m0/s1. The molecule has 0 aliphatic carbocycles. The Hall–Kier alpha value is -8.46. The third-order valence-electron chi connectivity index (χ3n) is 13.3. The average molecular weight is 1200 g/mol. The van der Waals surface area contributed by atoms with Crippen molar-refractivity contribution in [2.45, 2.75) is 153 Å². The molecule has 32 nitrogen and oxygen atoms in total. The molecule has 0 aliphatic rings. The Balaban J connectivity index is 1.62. The van der Waals surface area contributed by atoms with Crippen LogP contribution in [0.5, 0.6) is 0 Å². The van der Waals surface area contributed by atoms with Gasteiger partial charge in [0.2, 0.25) is 53.2 Å². The third-order valence-corrected chi connectivity index (χ3v) is 13.3. The molecule has 0 bridgehead atoms. The summed E-state index contributed by atoms with van der Waals surface area (Å²) in [6.45, 7) is 4.34. The van der Waals surface area contributed by atoms with E-state index >= 15 is 0 Å². The lowest BCUT2D eigenvalue weighted by Crippen LogP contribution is -2.56. The summed E-state index contributed by atoms with van der Waals surface area (Å²) < 4.78 is 0. The smallest absolute Gasteiger partial charge is 0.326 e. The largest absolute Gasteiger partial charge is 0.480 e. The number of fused-ring (bicyclic) bond motifs is 1. The predicted molar refractivity (Wildman–Crippen MR) is 310 cm³/mol. The molecule has 3 rings (SSSR count). The van der Waals surface area contributed by atoms with Gasteiger partial charge in [-0.05, 0) is 114 Å². The first-order valence-electron chi connectivity index (χ1n) is 28.1. The number of amides is 9. The summed E-state index contributed by atoms with van der Waals surface area (Å²) in [7, 11) is 1.78. The van der Waals surface area contributed by atoms with Crippen molar-refractivity contribution in [1.82, 2.24) is 67.3 Å². The first kappa shape index (κ1) is 70.8. The fourth-order valence-electron chi connectivity index (χ4n) is 8.44. The molecule has 1 aromatic carbocycles. The molecule has 0 spiro atoms. The Morgan fingerprint density at radius 2 is 1.11 bits per heavy atom. The van der Waals surface area contributed by atoms with Crippen molar-refractivity contribution in [2.75, 3.05) is 62.7 Å². The van der Waals surface area contributed by atoms with Crippen LogP contribution in [0.2, 0.25) is 0 Å². The van der Waals surface area contributed by atoms with Gasteiger partial charge in [0.05, 0.1) is 24.5 Å². The van der Waals surface area contributed by atoms with Gasteiger partial charge in [0.25, 0.3) is 5.91 Å². The van der Waals surface area contributed by atoms with Gasteiger partial charge < -0.3 is 75.9 Å². The van der Waals surface area contributed by atoms with E-state index in [0.717, 1.165) is 6.92 Å². The normalized spacial score (nSPS) is 13.1. The average Bonchev–Trinajstić information content (AvgIpc) is 3.67. The highest BCUT2D eigenvalue weighted by Crippen LogP contribution is 2.19. The van der Waals surface area contributed by atoms with Crippen LogP contribution < -0.4 is 70.8 Å². The minimum Gasteiger partial charge on any atom is -0.480 e. The number of nitrogens with one attached hydrogen (secondary N) is 7. The number of carboxylic acid groups (broad SMARTS) is 1. The lowest BCUT2D eigenvalue weighted by molar-refractivity contribution is -0.163. The van der Waals surface area contributed by atoms with E-state index in [1.165, 1.54) is 25.3 Å². The number of hydrogen-bond donors (Lipinski definition) is 15. The van der Waals surface area contributed by atoms with Gasteiger partial charge in [0, 0.05) is 64.7 Å². The Morgan fingerprint density at radius 1 is 0.600 bits per heavy atom. The van der Waals surface area contributed by atoms with Crippen molar-refractivity contribution in [3.05, 3.63) is 41.7 Å². The van der Waals surface area contributed by atoms with Gasteiger partial charge in [-0.25, -0.2) is 24.9 Å². The molecule has 0 saturated heterocycles. The van der Waals surface area contributed by atoms with Crippen LogP contribution in [0, 0.1) is 0 Å². The number of carbonyl (C=O) groups is 10. The second-order valence-corrected chi connectivity index (χ2v) is 20.2. The summed E-state index contributed by atoms with van der Waals surface area (Å²) in [6.07, 6.45) is 3.61. The predicted octanol–water partition coefficient (Wildman–Crippen LogP) is -2.22. The summed E-state index contributed by atoms with van der Waals surface area (Å²) in [4.78, 5) is 148. The minimum atomic E-state index is -1.50. The number of aliphatic carboxylic acids is 1. The number of aromatic nitrogens is 4. The number of nitrogens with zero attached hydrogens (tertiary/aromatic N) is 7. The monoisotopic (exact) mass is 1200 g/mol. The quantitative estimate of drug-likeness (QED) is 0.0163. The lowest BCUT2D eigenvalue weighted by Gasteiger charge is -2.25. The Labute approximate surface area is 492 Å². The van der Waals surface area contributed by atoms with Gasteiger partial charge in [-0.2, -0.15) is 9.97 Å². The van der Waals surface area contributed by atoms with Gasteiger partial charge in [0.1, 0.15) is 30.2 Å². The first-order valence-corrected chi connectivity index (χ1v) is 28.1. The summed E-state index contributed by atoms with van der Waals surface area (Å²) in [5.74, 6) is -7.50. The molecule has 6 atom stereocenters. The van der Waals surface area contributed by atoms with Gasteiger partial charge in [-0.3, -0.25) is 53.6 Å². The van der Waals surface area contributed by atoms with Crippen LogP contribution in [0.1, 0.15) is 127 Å². The number of anilines is 3. The highest BCUT2D eigenvalue weighted by Gasteiger charge is 2.30. The van der Waals surface area contributed by atoms with E-state index in [1.54, 1.807) is 26.1 Å². The van der Waals surface area contributed by atoms with Gasteiger partial charge in [-0.1, -0.05) is 13.3 Å². The molecular weight excluding hydrogens is 1110 g/mol. The number of nitrogen functional groups attached to an aromatic ring is 2. The highest BCUT2D eigenvalue weighted by atomic mass is 16.5. The highest BCUT2D eigenvalue weighted by molar-refractivity contribution is 5.97. The molecule has 2 aromatic heterocycles. The Kier molecular flexibility index (Phi) is 30.8. The van der Waals surface area contributed by atoms with Crippen LogP contribution in [0.4, 0.5) is 17.5 Å². The van der Waals surface area contributed by atoms with Crippen molar-refractivity contribution < 1.29 is 63.5 Å². The number of carboxylic acids is 1. The molecular formula is C53H85N19O13. The maximum Gasteiger partial charge on any atom is 0.326 e. The van der Waals surface area contributed by atoms with Gasteiger partial charge >= 0.3 is 5.97 Å². The molecule has 0 aliphatic heterocycles. The van der Waals surface area contributed by atoms with E-state index < -0.39 is 102 Å². The molecule has 470 valence electrons. The van der Waals surface area contributed by atoms with Crippen LogP contribution in [0.25, 0.3) is 11.2 Å². The molecule has 9 amide bonds. The molecule has 1 unspecified atom stereocenters. The number of unbranched alkanes of at least 4 members (excludes halogenated alkanes) is 2. The maximum atomic E-state index is 13.9. The zero-order valence-electron chi connectivity index (χ0n) is 48.6. The van der Waals surface area contributed by atoms with Crippen LogP contribution in [-0.2, 0) is 49.7 Å². The molecule has 20 N–H and O–H groups in total. The fourth-order valence-corrected chi connectivity index (χ4v) is 8.44. The summed E-state index contributed by atoms with van der Waals surface area (Å²) in [5, 5.41) is 48.8. The van der Waals surface area contributed by atoms with E-state index in [9.17, 15) is 63.5 Å². The molecule has 0 radical (unpaired) electrons. The van der Waals surface area contributed by atoms with E-state index in [1.807, 2.05) is 4.90 Å². The first-order chi connectivity index (χ1) is 40.4. The van der Waals surface area contributed by atoms with Crippen LogP contribution in [0.15, 0.2) is 30.5 Å². The van der Waals surface area contributed by atoms with E-state index in [0.29, 0.717) is 53.6 Å². The number of carbonyl (C=O) groups excluding carboxylic acids is 9. The zero-order valence-corrected chi connectivity index (χ0v) is 48.6. The molecule has 3 aromatic rings. The summed E-state index contributed by atoms with van der Waals surface area (Å²) in [5.41, 5.74) is 31.0. The van der Waals surface area contributed by atoms with Crippen molar-refractivity contribution >= 4 is 87.8 Å². The van der Waals surface area contributed by atoms with Crippen molar-refractivity contribution in [1.29, 1.82) is 0 Å². The van der Waals surface area contributed by atoms with Crippen LogP contribution >= 0.6 is 0 Å². The molecule has 32 heteroatoms. The second kappa shape index (κ2) is 37.0.